The number of ether oxygens (including phenoxy) is 2. The first-order valence-electron chi connectivity index (χ1n) is 13.7. The van der Waals surface area contributed by atoms with Gasteiger partial charge in [0.05, 0.1) is 26.2 Å². The van der Waals surface area contributed by atoms with E-state index in [-0.39, 0.29) is 18.2 Å². The van der Waals surface area contributed by atoms with Gasteiger partial charge in [-0.25, -0.2) is 0 Å². The molecular formula is C32H39N3O4. The molecule has 2 N–H and O–H groups in total. The summed E-state index contributed by atoms with van der Waals surface area (Å²) in [5, 5.41) is 6.10. The summed E-state index contributed by atoms with van der Waals surface area (Å²) in [6.07, 6.45) is 3.12. The molecule has 7 nitrogen and oxygen atoms in total. The van der Waals surface area contributed by atoms with Crippen LogP contribution in [0.2, 0.25) is 0 Å². The Morgan fingerprint density at radius 1 is 0.949 bits per heavy atom. The minimum atomic E-state index is -0.0479. The maximum absolute atomic E-state index is 12.9. The number of hydrogen-bond donors (Lipinski definition) is 2. The van der Waals surface area contributed by atoms with Gasteiger partial charge in [0.1, 0.15) is 5.75 Å². The molecule has 3 aromatic carbocycles. The standard InChI is InChI=1S/C32H39N3O4/c1-38-24-28-13-7-6-12-27(28)20-34-31(36)19-26-14-15-30-29(18-26)22-35(21-25-10-4-2-5-11-25)23-32(37)33-16-8-3-9-17-39-30/h2,4-7,10-15,18H,3,8-9,16-17,19-24H2,1H3,(H,33,37)(H,34,36). The summed E-state index contributed by atoms with van der Waals surface area (Å²) < 4.78 is 11.5. The van der Waals surface area contributed by atoms with Gasteiger partial charge in [0.25, 0.3) is 0 Å². The van der Waals surface area contributed by atoms with E-state index in [9.17, 15) is 9.59 Å². The van der Waals surface area contributed by atoms with Crippen molar-refractivity contribution in [2.45, 2.75) is 51.9 Å². The van der Waals surface area contributed by atoms with Gasteiger partial charge in [-0.2, -0.15) is 0 Å². The van der Waals surface area contributed by atoms with Crippen LogP contribution in [-0.4, -0.2) is 43.5 Å². The summed E-state index contributed by atoms with van der Waals surface area (Å²) in [4.78, 5) is 27.7. The Hall–Kier alpha value is -3.68. The van der Waals surface area contributed by atoms with E-state index in [0.29, 0.717) is 45.9 Å². The van der Waals surface area contributed by atoms with Crippen LogP contribution in [0.15, 0.2) is 72.8 Å². The normalized spacial score (nSPS) is 15.1. The van der Waals surface area contributed by atoms with Gasteiger partial charge in [-0.15, -0.1) is 0 Å². The van der Waals surface area contributed by atoms with Crippen molar-refractivity contribution in [3.05, 3.63) is 101 Å². The molecule has 4 rings (SSSR count). The molecule has 3 aromatic rings. The van der Waals surface area contributed by atoms with Crippen molar-refractivity contribution in [2.75, 3.05) is 26.8 Å². The molecule has 1 aliphatic rings. The molecule has 1 aliphatic heterocycles. The third kappa shape index (κ3) is 9.23. The molecule has 7 heteroatoms. The van der Waals surface area contributed by atoms with Crippen molar-refractivity contribution in [3.63, 3.8) is 0 Å². The van der Waals surface area contributed by atoms with Crippen molar-refractivity contribution < 1.29 is 19.1 Å². The average Bonchev–Trinajstić information content (AvgIpc) is 2.94. The molecule has 0 saturated heterocycles. The number of benzene rings is 3. The fourth-order valence-electron chi connectivity index (χ4n) is 4.80. The Morgan fingerprint density at radius 2 is 1.74 bits per heavy atom. The lowest BCUT2D eigenvalue weighted by atomic mass is 10.0. The van der Waals surface area contributed by atoms with Crippen LogP contribution in [0.3, 0.4) is 0 Å². The van der Waals surface area contributed by atoms with E-state index in [2.05, 4.69) is 27.7 Å². The van der Waals surface area contributed by atoms with Crippen molar-refractivity contribution in [3.8, 4) is 5.75 Å². The maximum atomic E-state index is 12.9. The molecule has 0 saturated carbocycles. The molecule has 2 amide bonds. The molecule has 0 bridgehead atoms. The summed E-state index contributed by atoms with van der Waals surface area (Å²) in [5.74, 6) is 0.788. The maximum Gasteiger partial charge on any atom is 0.234 e. The average molecular weight is 530 g/mol. The van der Waals surface area contributed by atoms with E-state index in [1.807, 2.05) is 60.7 Å². The monoisotopic (exact) mass is 529 g/mol. The molecule has 0 atom stereocenters. The highest BCUT2D eigenvalue weighted by Crippen LogP contribution is 2.24. The van der Waals surface area contributed by atoms with Crippen LogP contribution in [0.25, 0.3) is 0 Å². The first-order chi connectivity index (χ1) is 19.1. The Balaban J connectivity index is 1.49. The zero-order valence-corrected chi connectivity index (χ0v) is 22.8. The number of carbonyl (C=O) groups is 2. The number of hydrogen-bond acceptors (Lipinski definition) is 5. The lowest BCUT2D eigenvalue weighted by Crippen LogP contribution is -2.37. The van der Waals surface area contributed by atoms with Crippen LogP contribution >= 0.6 is 0 Å². The highest BCUT2D eigenvalue weighted by Gasteiger charge is 2.17. The smallest absolute Gasteiger partial charge is 0.234 e. The van der Waals surface area contributed by atoms with Gasteiger partial charge in [0, 0.05) is 38.9 Å². The molecule has 0 fully saturated rings. The van der Waals surface area contributed by atoms with Gasteiger partial charge in [-0.05, 0) is 47.6 Å². The molecule has 0 aromatic heterocycles. The van der Waals surface area contributed by atoms with Gasteiger partial charge in [0.15, 0.2) is 0 Å². The molecule has 0 unspecified atom stereocenters. The highest BCUT2D eigenvalue weighted by molar-refractivity contribution is 5.79. The van der Waals surface area contributed by atoms with E-state index in [1.165, 1.54) is 0 Å². The number of rotatable bonds is 8. The fraction of sp³-hybridized carbons (Fsp3) is 0.375. The zero-order valence-electron chi connectivity index (χ0n) is 22.8. The summed E-state index contributed by atoms with van der Waals surface area (Å²) in [7, 11) is 1.67. The number of methoxy groups -OCH3 is 1. The lowest BCUT2D eigenvalue weighted by Gasteiger charge is -2.23. The fourth-order valence-corrected chi connectivity index (χ4v) is 4.80. The minimum Gasteiger partial charge on any atom is -0.493 e. The number of fused-ring (bicyclic) bond motifs is 1. The second-order valence-electron chi connectivity index (χ2n) is 9.99. The zero-order chi connectivity index (χ0) is 27.3. The van der Waals surface area contributed by atoms with Crippen LogP contribution in [0, 0.1) is 0 Å². The molecule has 206 valence electrons. The Morgan fingerprint density at radius 3 is 2.56 bits per heavy atom. The molecule has 1 heterocycles. The molecule has 0 spiro atoms. The molecule has 39 heavy (non-hydrogen) atoms. The van der Waals surface area contributed by atoms with E-state index >= 15 is 0 Å². The van der Waals surface area contributed by atoms with Crippen molar-refractivity contribution in [1.82, 2.24) is 15.5 Å². The van der Waals surface area contributed by atoms with E-state index in [4.69, 9.17) is 9.47 Å². The summed E-state index contributed by atoms with van der Waals surface area (Å²) in [5.41, 5.74) is 5.14. The predicted octanol–water partition coefficient (Wildman–Crippen LogP) is 4.37. The van der Waals surface area contributed by atoms with E-state index in [0.717, 1.165) is 52.8 Å². The van der Waals surface area contributed by atoms with Crippen molar-refractivity contribution in [2.24, 2.45) is 0 Å². The minimum absolute atomic E-state index is 0.0249. The van der Waals surface area contributed by atoms with Gasteiger partial charge in [-0.3, -0.25) is 14.5 Å². The van der Waals surface area contributed by atoms with Gasteiger partial charge < -0.3 is 20.1 Å². The number of nitrogens with one attached hydrogen (secondary N) is 2. The van der Waals surface area contributed by atoms with Gasteiger partial charge >= 0.3 is 0 Å². The Bertz CT molecular complexity index is 1220. The third-order valence-corrected chi connectivity index (χ3v) is 6.79. The van der Waals surface area contributed by atoms with E-state index < -0.39 is 0 Å². The van der Waals surface area contributed by atoms with Crippen molar-refractivity contribution >= 4 is 11.8 Å². The first-order valence-corrected chi connectivity index (χ1v) is 13.7. The number of amides is 2. The van der Waals surface area contributed by atoms with E-state index in [1.54, 1.807) is 7.11 Å². The second-order valence-corrected chi connectivity index (χ2v) is 9.99. The lowest BCUT2D eigenvalue weighted by molar-refractivity contribution is -0.122. The quantitative estimate of drug-likeness (QED) is 0.453. The summed E-state index contributed by atoms with van der Waals surface area (Å²) in [6, 6.07) is 24.1. The predicted molar refractivity (Wildman–Crippen MR) is 152 cm³/mol. The summed E-state index contributed by atoms with van der Waals surface area (Å²) in [6.45, 7) is 3.73. The van der Waals surface area contributed by atoms with Crippen LogP contribution in [0.1, 0.15) is 47.1 Å². The highest BCUT2D eigenvalue weighted by atomic mass is 16.5. The van der Waals surface area contributed by atoms with Gasteiger partial charge in [-0.1, -0.05) is 66.7 Å². The molecular weight excluding hydrogens is 490 g/mol. The third-order valence-electron chi connectivity index (χ3n) is 6.79. The SMILES string of the molecule is COCc1ccccc1CNC(=O)Cc1ccc2c(c1)CN(Cc1ccccc1)CC(=O)NCCCCCO2. The van der Waals surface area contributed by atoms with Crippen LogP contribution in [-0.2, 0) is 47.0 Å². The van der Waals surface area contributed by atoms with Gasteiger partial charge in [0.2, 0.25) is 11.8 Å². The summed E-state index contributed by atoms with van der Waals surface area (Å²) >= 11 is 0. The Labute approximate surface area is 231 Å². The molecule has 0 radical (unpaired) electrons. The largest absolute Gasteiger partial charge is 0.493 e. The van der Waals surface area contributed by atoms with Crippen LogP contribution in [0.5, 0.6) is 5.75 Å². The topological polar surface area (TPSA) is 79.9 Å². The number of carbonyl (C=O) groups excluding carboxylic acids is 2. The van der Waals surface area contributed by atoms with Crippen LogP contribution < -0.4 is 15.4 Å². The van der Waals surface area contributed by atoms with Crippen LogP contribution in [0.4, 0.5) is 0 Å². The van der Waals surface area contributed by atoms with Crippen molar-refractivity contribution in [1.29, 1.82) is 0 Å². The first kappa shape index (κ1) is 28.3. The number of nitrogens with zero attached hydrogens (tertiary/aromatic N) is 1. The Kier molecular flexibility index (Phi) is 10.9. The molecule has 0 aliphatic carbocycles. The second kappa shape index (κ2) is 15.0.